The molecule has 0 spiro atoms. The summed E-state index contributed by atoms with van der Waals surface area (Å²) in [4.78, 5) is 19.3. The van der Waals surface area contributed by atoms with Crippen LogP contribution in [-0.2, 0) is 5.54 Å². The molecule has 1 N–H and O–H groups in total. The summed E-state index contributed by atoms with van der Waals surface area (Å²) in [5.74, 6) is -1.13. The van der Waals surface area contributed by atoms with Crippen LogP contribution in [0.15, 0.2) is 54.6 Å². The maximum Gasteiger partial charge on any atom is 0.321 e. The van der Waals surface area contributed by atoms with E-state index in [1.54, 1.807) is 16.8 Å². The number of halogens is 3. The number of hydrogen-bond acceptors (Lipinski definition) is 3. The zero-order valence-electron chi connectivity index (χ0n) is 20.8. The van der Waals surface area contributed by atoms with E-state index in [9.17, 15) is 23.1 Å². The molecule has 194 valence electrons. The van der Waals surface area contributed by atoms with Crippen LogP contribution in [0.2, 0.25) is 0 Å². The fourth-order valence-corrected chi connectivity index (χ4v) is 5.52. The number of likely N-dealkylation sites (tertiary alicyclic amines) is 1. The maximum absolute atomic E-state index is 14.8. The van der Waals surface area contributed by atoms with Crippen LogP contribution in [-0.4, -0.2) is 78.4 Å². The molecule has 36 heavy (non-hydrogen) atoms. The molecular formula is C28H34F3N3O2. The molecule has 0 aromatic heterocycles. The van der Waals surface area contributed by atoms with Gasteiger partial charge in [-0.15, -0.1) is 0 Å². The molecule has 2 aromatic carbocycles. The van der Waals surface area contributed by atoms with E-state index in [-0.39, 0.29) is 37.2 Å². The number of hydrogen-bond donors (Lipinski definition) is 1. The summed E-state index contributed by atoms with van der Waals surface area (Å²) in [6, 6.07) is 12.1. The molecule has 0 aliphatic carbocycles. The fraction of sp³-hybridized carbons (Fsp3) is 0.464. The zero-order valence-corrected chi connectivity index (χ0v) is 20.8. The van der Waals surface area contributed by atoms with Crippen molar-refractivity contribution in [2.45, 2.75) is 43.4 Å². The molecular weight excluding hydrogens is 467 g/mol. The Bertz CT molecular complexity index is 1100. The first-order chi connectivity index (χ1) is 17.2. The van der Waals surface area contributed by atoms with Gasteiger partial charge < -0.3 is 19.8 Å². The van der Waals surface area contributed by atoms with E-state index >= 15 is 0 Å². The van der Waals surface area contributed by atoms with Gasteiger partial charge in [0.15, 0.2) is 0 Å². The predicted octanol–water partition coefficient (Wildman–Crippen LogP) is 4.82. The lowest BCUT2D eigenvalue weighted by molar-refractivity contribution is 0.101. The van der Waals surface area contributed by atoms with Crippen molar-refractivity contribution in [3.63, 3.8) is 0 Å². The number of benzene rings is 2. The quantitative estimate of drug-likeness (QED) is 0.618. The molecule has 2 aromatic rings. The smallest absolute Gasteiger partial charge is 0.321 e. The average molecular weight is 502 g/mol. The highest BCUT2D eigenvalue weighted by molar-refractivity contribution is 5.83. The van der Waals surface area contributed by atoms with Gasteiger partial charge in [-0.25, -0.2) is 18.0 Å². The summed E-state index contributed by atoms with van der Waals surface area (Å²) in [6.07, 6.45) is 2.47. The van der Waals surface area contributed by atoms with Gasteiger partial charge in [-0.2, -0.15) is 0 Å². The van der Waals surface area contributed by atoms with E-state index in [0.717, 1.165) is 23.8 Å². The molecule has 2 heterocycles. The van der Waals surface area contributed by atoms with Gasteiger partial charge in [0.1, 0.15) is 17.8 Å². The zero-order chi connectivity index (χ0) is 25.9. The van der Waals surface area contributed by atoms with E-state index in [4.69, 9.17) is 0 Å². The lowest BCUT2D eigenvalue weighted by Crippen LogP contribution is -2.53. The van der Waals surface area contributed by atoms with Gasteiger partial charge in [-0.05, 0) is 68.3 Å². The second-order valence-corrected chi connectivity index (χ2v) is 9.93. The number of carbonyl (C=O) groups excluding carboxylic acids is 1. The van der Waals surface area contributed by atoms with Crippen molar-refractivity contribution >= 4 is 11.6 Å². The fourth-order valence-electron chi connectivity index (χ4n) is 5.52. The summed E-state index contributed by atoms with van der Waals surface area (Å²) in [7, 11) is 3.56. The first kappa shape index (κ1) is 26.2. The SMILES string of the molecule is CN1CCC(N(C)C(=O)N2CC(c3cc(F)ccc3F)=C[C@@]2(CCCO)c2ccccc2)CC(F)C1. The minimum Gasteiger partial charge on any atom is -0.396 e. The average Bonchev–Trinajstić information content (AvgIpc) is 3.17. The van der Waals surface area contributed by atoms with E-state index < -0.39 is 23.3 Å². The number of carbonyl (C=O) groups is 1. The van der Waals surface area contributed by atoms with Crippen LogP contribution in [0, 0.1) is 11.6 Å². The molecule has 3 atom stereocenters. The number of amides is 2. The molecule has 0 saturated carbocycles. The second kappa shape index (κ2) is 11.0. The monoisotopic (exact) mass is 501 g/mol. The van der Waals surface area contributed by atoms with Crippen LogP contribution in [0.25, 0.3) is 5.57 Å². The van der Waals surface area contributed by atoms with Crippen molar-refractivity contribution in [1.29, 1.82) is 0 Å². The maximum atomic E-state index is 14.8. The number of alkyl halides is 1. The molecule has 0 radical (unpaired) electrons. The van der Waals surface area contributed by atoms with E-state index in [0.29, 0.717) is 37.9 Å². The van der Waals surface area contributed by atoms with Crippen molar-refractivity contribution in [3.05, 3.63) is 77.4 Å². The number of aliphatic hydroxyl groups is 1. The summed E-state index contributed by atoms with van der Waals surface area (Å²) in [6.45, 7) is 0.990. The Kier molecular flexibility index (Phi) is 8.05. The Labute approximate surface area is 210 Å². The third kappa shape index (κ3) is 5.30. The second-order valence-electron chi connectivity index (χ2n) is 9.93. The molecule has 8 heteroatoms. The molecule has 2 aliphatic heterocycles. The molecule has 4 rings (SSSR count). The number of rotatable bonds is 6. The Morgan fingerprint density at radius 3 is 2.67 bits per heavy atom. The van der Waals surface area contributed by atoms with Gasteiger partial charge in [0.2, 0.25) is 0 Å². The predicted molar refractivity (Wildman–Crippen MR) is 134 cm³/mol. The minimum absolute atomic E-state index is 0.0650. The van der Waals surface area contributed by atoms with Crippen molar-refractivity contribution < 1.29 is 23.1 Å². The van der Waals surface area contributed by atoms with Gasteiger partial charge in [0.25, 0.3) is 0 Å². The standard InChI is InChI=1S/C28H34F3N3O2/c1-32-13-11-24(15-23(30)19-32)33(2)27(36)34-18-20(25-16-22(29)9-10-26(25)31)17-28(34,12-6-14-35)21-7-4-3-5-8-21/h3-5,7-10,16-17,23-24,35H,6,11-15,18-19H2,1-2H3/t23?,24?,28-/m0/s1. The third-order valence-corrected chi connectivity index (χ3v) is 7.45. The minimum atomic E-state index is -1.04. The highest BCUT2D eigenvalue weighted by Gasteiger charge is 2.46. The molecule has 5 nitrogen and oxygen atoms in total. The van der Waals surface area contributed by atoms with Gasteiger partial charge >= 0.3 is 6.03 Å². The number of urea groups is 1. The molecule has 0 bridgehead atoms. The van der Waals surface area contributed by atoms with Crippen LogP contribution >= 0.6 is 0 Å². The van der Waals surface area contributed by atoms with E-state index in [1.807, 2.05) is 48.4 Å². The third-order valence-electron chi connectivity index (χ3n) is 7.45. The summed E-state index contributed by atoms with van der Waals surface area (Å²) in [5, 5.41) is 9.68. The largest absolute Gasteiger partial charge is 0.396 e. The number of nitrogens with zero attached hydrogens (tertiary/aromatic N) is 3. The lowest BCUT2D eigenvalue weighted by atomic mass is 9.84. The van der Waals surface area contributed by atoms with Gasteiger partial charge in [0.05, 0.1) is 5.54 Å². The van der Waals surface area contributed by atoms with Crippen molar-refractivity contribution in [2.24, 2.45) is 0 Å². The Balaban J connectivity index is 1.76. The molecule has 2 amide bonds. The van der Waals surface area contributed by atoms with Gasteiger partial charge in [-0.3, -0.25) is 0 Å². The lowest BCUT2D eigenvalue weighted by Gasteiger charge is -2.42. The molecule has 1 fully saturated rings. The Hall–Kier alpha value is -2.84. The van der Waals surface area contributed by atoms with Crippen LogP contribution in [0.3, 0.4) is 0 Å². The van der Waals surface area contributed by atoms with Crippen molar-refractivity contribution in [2.75, 3.05) is 40.3 Å². The topological polar surface area (TPSA) is 47.0 Å². The summed E-state index contributed by atoms with van der Waals surface area (Å²) >= 11 is 0. The molecule has 2 aliphatic rings. The number of aliphatic hydroxyl groups excluding tert-OH is 1. The van der Waals surface area contributed by atoms with E-state index in [2.05, 4.69) is 0 Å². The van der Waals surface area contributed by atoms with E-state index in [1.165, 1.54) is 0 Å². The van der Waals surface area contributed by atoms with Crippen LogP contribution in [0.4, 0.5) is 18.0 Å². The first-order valence-corrected chi connectivity index (χ1v) is 12.5. The van der Waals surface area contributed by atoms with Crippen molar-refractivity contribution in [1.82, 2.24) is 14.7 Å². The van der Waals surface area contributed by atoms with Crippen LogP contribution in [0.1, 0.15) is 36.8 Å². The summed E-state index contributed by atoms with van der Waals surface area (Å²) in [5.41, 5.74) is 0.452. The molecule has 1 saturated heterocycles. The normalized spacial score (nSPS) is 24.9. The van der Waals surface area contributed by atoms with Crippen LogP contribution < -0.4 is 0 Å². The first-order valence-electron chi connectivity index (χ1n) is 12.5. The van der Waals surface area contributed by atoms with Crippen LogP contribution in [0.5, 0.6) is 0 Å². The Morgan fingerprint density at radius 2 is 1.94 bits per heavy atom. The van der Waals surface area contributed by atoms with Gasteiger partial charge in [0, 0.05) is 44.8 Å². The Morgan fingerprint density at radius 1 is 1.19 bits per heavy atom. The van der Waals surface area contributed by atoms with Crippen molar-refractivity contribution in [3.8, 4) is 0 Å². The van der Waals surface area contributed by atoms with Gasteiger partial charge in [-0.1, -0.05) is 30.3 Å². The molecule has 2 unspecified atom stereocenters. The highest BCUT2D eigenvalue weighted by atomic mass is 19.1. The summed E-state index contributed by atoms with van der Waals surface area (Å²) < 4.78 is 43.5. The highest BCUT2D eigenvalue weighted by Crippen LogP contribution is 2.44.